The number of benzene rings is 1. The molecule has 0 heteroatoms. The Morgan fingerprint density at radius 2 is 0.667 bits per heavy atom. The highest BCUT2D eigenvalue weighted by atomic mass is 14.0. The molecule has 0 bridgehead atoms. The lowest BCUT2D eigenvalue weighted by molar-refractivity contribution is 0.568. The lowest BCUT2D eigenvalue weighted by atomic mass is 10.0. The number of allylic oxidation sites excluding steroid dienone is 2. The minimum absolute atomic E-state index is 1.19. The van der Waals surface area contributed by atoms with Gasteiger partial charge in [-0.1, -0.05) is 113 Å². The number of aryl methyl sites for hydroxylation is 2. The van der Waals surface area contributed by atoms with Gasteiger partial charge < -0.3 is 0 Å². The molecule has 0 N–H and O–H groups in total. The summed E-state index contributed by atoms with van der Waals surface area (Å²) in [5.74, 6) is 0. The van der Waals surface area contributed by atoms with E-state index in [9.17, 15) is 0 Å². The molecule has 0 aliphatic heterocycles. The van der Waals surface area contributed by atoms with Crippen molar-refractivity contribution in [1.82, 2.24) is 0 Å². The van der Waals surface area contributed by atoms with Gasteiger partial charge in [-0.05, 0) is 62.5 Å². The Morgan fingerprint density at radius 3 is 0.967 bits per heavy atom. The molecule has 1 rings (SSSR count). The fourth-order valence-corrected chi connectivity index (χ4v) is 4.23. The summed E-state index contributed by atoms with van der Waals surface area (Å²) in [6.45, 7) is 7.58. The molecule has 0 aliphatic rings. The average Bonchev–Trinajstić information content (AvgIpc) is 2.77. The normalized spacial score (nSPS) is 10.9. The first kappa shape index (κ1) is 26.7. The van der Waals surface area contributed by atoms with Crippen LogP contribution >= 0.6 is 0 Å². The second-order valence-corrected chi connectivity index (χ2v) is 9.13. The van der Waals surface area contributed by atoms with Gasteiger partial charge in [0.25, 0.3) is 0 Å². The van der Waals surface area contributed by atoms with Crippen LogP contribution in [0.1, 0.15) is 127 Å². The van der Waals surface area contributed by atoms with Crippen LogP contribution in [0, 0.1) is 0 Å². The Morgan fingerprint density at radius 1 is 0.400 bits per heavy atom. The molecule has 30 heavy (non-hydrogen) atoms. The van der Waals surface area contributed by atoms with Gasteiger partial charge in [-0.25, -0.2) is 0 Å². The van der Waals surface area contributed by atoms with Gasteiger partial charge in [0.15, 0.2) is 0 Å². The van der Waals surface area contributed by atoms with Gasteiger partial charge in [-0.2, -0.15) is 0 Å². The molecule has 0 spiro atoms. The first-order chi connectivity index (χ1) is 14.9. The van der Waals surface area contributed by atoms with Crippen LogP contribution in [-0.4, -0.2) is 0 Å². The summed E-state index contributed by atoms with van der Waals surface area (Å²) in [4.78, 5) is 0. The zero-order valence-electron chi connectivity index (χ0n) is 20.0. The van der Waals surface area contributed by atoms with Crippen LogP contribution in [0.4, 0.5) is 0 Å². The van der Waals surface area contributed by atoms with Gasteiger partial charge in [0.05, 0.1) is 0 Å². The summed E-state index contributed by atoms with van der Waals surface area (Å²) in [6, 6.07) is 9.49. The van der Waals surface area contributed by atoms with Crippen LogP contribution in [-0.2, 0) is 12.8 Å². The Labute approximate surface area is 189 Å². The molecule has 0 amide bonds. The largest absolute Gasteiger partial charge is 0.103 e. The molecular formula is C30H50. The van der Waals surface area contributed by atoms with Crippen LogP contribution in [0.2, 0.25) is 0 Å². The molecule has 0 fully saturated rings. The molecule has 0 aromatic heterocycles. The third-order valence-electron chi connectivity index (χ3n) is 6.27. The molecule has 0 saturated heterocycles. The van der Waals surface area contributed by atoms with Crippen molar-refractivity contribution in [2.24, 2.45) is 0 Å². The highest BCUT2D eigenvalue weighted by Gasteiger charge is 1.98. The van der Waals surface area contributed by atoms with Crippen LogP contribution in [0.3, 0.4) is 0 Å². The summed E-state index contributed by atoms with van der Waals surface area (Å²) in [7, 11) is 0. The Kier molecular flexibility index (Phi) is 18.7. The van der Waals surface area contributed by atoms with Crippen LogP contribution < -0.4 is 0 Å². The number of hydrogen-bond acceptors (Lipinski definition) is 0. The SMILES string of the molecule is C=CCCCCCCCCCCc1ccc(CCCCCCCCCCC=C)cc1. The molecule has 0 saturated carbocycles. The highest BCUT2D eigenvalue weighted by Crippen LogP contribution is 2.15. The summed E-state index contributed by atoms with van der Waals surface area (Å²) in [5, 5.41) is 0. The third kappa shape index (κ3) is 16.5. The predicted molar refractivity (Wildman–Crippen MR) is 137 cm³/mol. The maximum Gasteiger partial charge on any atom is -0.0279 e. The molecule has 0 atom stereocenters. The molecule has 1 aromatic carbocycles. The van der Waals surface area contributed by atoms with Gasteiger partial charge in [-0.3, -0.25) is 0 Å². The zero-order valence-corrected chi connectivity index (χ0v) is 20.0. The molecule has 0 nitrogen and oxygen atoms in total. The van der Waals surface area contributed by atoms with Crippen molar-refractivity contribution in [3.8, 4) is 0 Å². The maximum absolute atomic E-state index is 3.79. The van der Waals surface area contributed by atoms with Crippen LogP contribution in [0.15, 0.2) is 49.6 Å². The van der Waals surface area contributed by atoms with Gasteiger partial charge in [-0.15, -0.1) is 13.2 Å². The highest BCUT2D eigenvalue weighted by molar-refractivity contribution is 5.22. The van der Waals surface area contributed by atoms with E-state index in [1.807, 2.05) is 12.2 Å². The van der Waals surface area contributed by atoms with Crippen LogP contribution in [0.5, 0.6) is 0 Å². The summed E-state index contributed by atoms with van der Waals surface area (Å²) in [6.07, 6.45) is 31.2. The van der Waals surface area contributed by atoms with E-state index in [1.54, 1.807) is 0 Å². The average molecular weight is 411 g/mol. The Balaban J connectivity index is 1.93. The first-order valence-electron chi connectivity index (χ1n) is 13.2. The molecule has 0 radical (unpaired) electrons. The van der Waals surface area contributed by atoms with E-state index in [2.05, 4.69) is 37.4 Å². The molecule has 170 valence electrons. The quantitative estimate of drug-likeness (QED) is 0.132. The fraction of sp³-hybridized carbons (Fsp3) is 0.667. The minimum Gasteiger partial charge on any atom is -0.103 e. The van der Waals surface area contributed by atoms with Crippen molar-refractivity contribution in [3.63, 3.8) is 0 Å². The van der Waals surface area contributed by atoms with Crippen molar-refractivity contribution < 1.29 is 0 Å². The van der Waals surface area contributed by atoms with Crippen molar-refractivity contribution >= 4 is 0 Å². The van der Waals surface area contributed by atoms with Crippen LogP contribution in [0.25, 0.3) is 0 Å². The summed E-state index contributed by atoms with van der Waals surface area (Å²) < 4.78 is 0. The van der Waals surface area contributed by atoms with Gasteiger partial charge in [0.1, 0.15) is 0 Å². The monoisotopic (exact) mass is 410 g/mol. The molecule has 1 aromatic rings. The van der Waals surface area contributed by atoms with Crippen molar-refractivity contribution in [2.45, 2.75) is 128 Å². The number of rotatable bonds is 22. The van der Waals surface area contributed by atoms with E-state index < -0.39 is 0 Å². The second-order valence-electron chi connectivity index (χ2n) is 9.13. The predicted octanol–water partition coefficient (Wildman–Crippen LogP) is 10.2. The van der Waals surface area contributed by atoms with E-state index >= 15 is 0 Å². The number of hydrogen-bond donors (Lipinski definition) is 0. The lowest BCUT2D eigenvalue weighted by Gasteiger charge is -2.06. The topological polar surface area (TPSA) is 0 Å². The lowest BCUT2D eigenvalue weighted by Crippen LogP contribution is -1.90. The zero-order chi connectivity index (χ0) is 21.5. The molecule has 0 unspecified atom stereocenters. The van der Waals surface area contributed by atoms with Crippen molar-refractivity contribution in [2.75, 3.05) is 0 Å². The van der Waals surface area contributed by atoms with Gasteiger partial charge >= 0.3 is 0 Å². The summed E-state index contributed by atoms with van der Waals surface area (Å²) in [5.41, 5.74) is 3.05. The van der Waals surface area contributed by atoms with E-state index in [4.69, 9.17) is 0 Å². The van der Waals surface area contributed by atoms with Gasteiger partial charge in [0, 0.05) is 0 Å². The number of unbranched alkanes of at least 4 members (excludes halogenated alkanes) is 16. The smallest absolute Gasteiger partial charge is 0.0279 e. The van der Waals surface area contributed by atoms with E-state index in [0.29, 0.717) is 0 Å². The molecule has 0 aliphatic carbocycles. The standard InChI is InChI=1S/C30H50/c1-3-5-7-9-11-13-15-17-19-21-23-29-25-27-30(28-26-29)24-22-20-18-16-14-12-10-8-6-4-2/h3-4,25-28H,1-2,5-24H2. The second kappa shape index (κ2) is 21.0. The first-order valence-corrected chi connectivity index (χ1v) is 13.2. The minimum atomic E-state index is 1.19. The molecular weight excluding hydrogens is 360 g/mol. The van der Waals surface area contributed by atoms with Crippen molar-refractivity contribution in [3.05, 3.63) is 60.7 Å². The molecule has 0 heterocycles. The van der Waals surface area contributed by atoms with E-state index in [0.717, 1.165) is 0 Å². The van der Waals surface area contributed by atoms with Gasteiger partial charge in [0.2, 0.25) is 0 Å². The Hall–Kier alpha value is -1.30. The van der Waals surface area contributed by atoms with E-state index in [-0.39, 0.29) is 0 Å². The van der Waals surface area contributed by atoms with E-state index in [1.165, 1.54) is 140 Å². The van der Waals surface area contributed by atoms with Crippen molar-refractivity contribution in [1.29, 1.82) is 0 Å². The maximum atomic E-state index is 3.79. The third-order valence-corrected chi connectivity index (χ3v) is 6.27. The Bertz CT molecular complexity index is 448. The fourth-order valence-electron chi connectivity index (χ4n) is 4.23. The summed E-state index contributed by atoms with van der Waals surface area (Å²) >= 11 is 0.